The summed E-state index contributed by atoms with van der Waals surface area (Å²) >= 11 is -3.96. The molecule has 0 aliphatic carbocycles. The number of carbonyl (C=O) groups is 3. The van der Waals surface area contributed by atoms with Crippen LogP contribution < -0.4 is 3.95 Å². The first kappa shape index (κ1) is 11.1. The third-order valence-electron chi connectivity index (χ3n) is 1.96. The Morgan fingerprint density at radius 1 is 1.14 bits per heavy atom. The molecule has 0 aliphatic heterocycles. The number of H-pyrrole nitrogens is 1. The molecule has 1 aromatic rings. The van der Waals surface area contributed by atoms with E-state index >= 15 is 0 Å². The van der Waals surface area contributed by atoms with E-state index in [9.17, 15) is 14.4 Å². The molecule has 0 aliphatic rings. The molecule has 0 amide bonds. The number of hydrogen-bond acceptors (Lipinski definition) is 3. The van der Waals surface area contributed by atoms with E-state index in [2.05, 4.69) is 4.98 Å². The van der Waals surface area contributed by atoms with Gasteiger partial charge in [-0.15, -0.1) is 0 Å². The van der Waals surface area contributed by atoms with Gasteiger partial charge in [-0.25, -0.2) is 0 Å². The van der Waals surface area contributed by atoms with E-state index in [1.165, 1.54) is 0 Å². The zero-order chi connectivity index (χ0) is 10.8. The molecule has 0 atom stereocenters. The average Bonchev–Trinajstić information content (AvgIpc) is 2.51. The normalized spacial score (nSPS) is 12.1. The maximum absolute atomic E-state index is 10.9. The molecule has 4 nitrogen and oxygen atoms in total. The molecule has 0 saturated carbocycles. The van der Waals surface area contributed by atoms with Gasteiger partial charge in [0.05, 0.1) is 0 Å². The van der Waals surface area contributed by atoms with Crippen LogP contribution in [-0.4, -0.2) is 19.0 Å². The molecule has 1 rings (SSSR count). The molecular formula is C9H11NO3W. The quantitative estimate of drug-likeness (QED) is 0.763. The van der Waals surface area contributed by atoms with E-state index < -0.39 is 16.1 Å². The summed E-state index contributed by atoms with van der Waals surface area (Å²) < 4.78 is 2.35. The molecular weight excluding hydrogens is 354 g/mol. The van der Waals surface area contributed by atoms with Gasteiger partial charge in [0.15, 0.2) is 0 Å². The summed E-state index contributed by atoms with van der Waals surface area (Å²) in [6.45, 7) is 3.59. The van der Waals surface area contributed by atoms with Crippen LogP contribution in [0.25, 0.3) is 0 Å². The topological polar surface area (TPSA) is 67.0 Å². The summed E-state index contributed by atoms with van der Waals surface area (Å²) in [6, 6.07) is 1.72. The van der Waals surface area contributed by atoms with Gasteiger partial charge in [0.2, 0.25) is 0 Å². The van der Waals surface area contributed by atoms with Crippen LogP contribution in [0.3, 0.4) is 0 Å². The van der Waals surface area contributed by atoms with Crippen LogP contribution in [0.2, 0.25) is 0 Å². The Balaban J connectivity index is 3.37. The fourth-order valence-corrected chi connectivity index (χ4v) is 6.35. The van der Waals surface area contributed by atoms with Crippen LogP contribution in [0.4, 0.5) is 0 Å². The van der Waals surface area contributed by atoms with Crippen LogP contribution in [-0.2, 0) is 30.4 Å². The van der Waals surface area contributed by atoms with E-state index in [1.807, 2.05) is 6.92 Å². The van der Waals surface area contributed by atoms with Gasteiger partial charge in [0.25, 0.3) is 0 Å². The fourth-order valence-electron chi connectivity index (χ4n) is 1.29. The standard InChI is InChI=1S/C6H8N.3CHO.W/c1-5-3-4-6(2)7-5;3*1-2;/h3,7H,1-2H3;3*1H;. The van der Waals surface area contributed by atoms with Crippen molar-refractivity contribution in [3.63, 3.8) is 0 Å². The molecule has 0 bridgehead atoms. The number of carbonyl (C=O) groups excluding carboxylic acids is 3. The second kappa shape index (κ2) is 4.01. The molecule has 1 heterocycles. The minimum atomic E-state index is -3.96. The van der Waals surface area contributed by atoms with Crippen molar-refractivity contribution < 1.29 is 30.4 Å². The van der Waals surface area contributed by atoms with E-state index in [0.29, 0.717) is 18.0 Å². The zero-order valence-corrected chi connectivity index (χ0v) is 10.9. The summed E-state index contributed by atoms with van der Waals surface area (Å²) in [5.74, 6) is 0. The second-order valence-electron chi connectivity index (χ2n) is 2.99. The van der Waals surface area contributed by atoms with Crippen LogP contribution in [0.15, 0.2) is 6.07 Å². The van der Waals surface area contributed by atoms with Crippen molar-refractivity contribution in [3.8, 4) is 0 Å². The number of rotatable bonds is 4. The van der Waals surface area contributed by atoms with Crippen molar-refractivity contribution in [1.29, 1.82) is 0 Å². The maximum atomic E-state index is 10.9. The van der Waals surface area contributed by atoms with Gasteiger partial charge in [-0.05, 0) is 0 Å². The predicted molar refractivity (Wildman–Crippen MR) is 50.2 cm³/mol. The van der Waals surface area contributed by atoms with Gasteiger partial charge in [0, 0.05) is 0 Å². The summed E-state index contributed by atoms with van der Waals surface area (Å²) in [6.07, 6.45) is 0. The first-order valence-corrected chi connectivity index (χ1v) is 10.5. The van der Waals surface area contributed by atoms with Crippen molar-refractivity contribution in [3.05, 3.63) is 17.5 Å². The molecule has 0 radical (unpaired) electrons. The monoisotopic (exact) mass is 365 g/mol. The molecule has 0 unspecified atom stereocenters. The van der Waals surface area contributed by atoms with E-state index in [-0.39, 0.29) is 0 Å². The number of aromatic amines is 1. The third-order valence-corrected chi connectivity index (χ3v) is 9.65. The second-order valence-corrected chi connectivity index (χ2v) is 12.1. The first-order chi connectivity index (χ1) is 6.59. The van der Waals surface area contributed by atoms with Crippen molar-refractivity contribution in [1.82, 2.24) is 4.98 Å². The predicted octanol–water partition coefficient (Wildman–Crippen LogP) is -0.0187. The van der Waals surface area contributed by atoms with Crippen molar-refractivity contribution in [2.45, 2.75) is 13.8 Å². The first-order valence-electron chi connectivity index (χ1n) is 3.95. The SMILES string of the molecule is Cc1c[c]([W]([CH]=O)([CH]=O)[CH]=O)c(C)[nH]1. The van der Waals surface area contributed by atoms with Gasteiger partial charge >= 0.3 is 84.7 Å². The summed E-state index contributed by atoms with van der Waals surface area (Å²) in [4.78, 5) is 35.6. The van der Waals surface area contributed by atoms with Gasteiger partial charge in [-0.3, -0.25) is 0 Å². The van der Waals surface area contributed by atoms with E-state index in [0.717, 1.165) is 11.4 Å². The molecule has 0 aromatic carbocycles. The van der Waals surface area contributed by atoms with Crippen LogP contribution >= 0.6 is 0 Å². The third kappa shape index (κ3) is 1.62. The average molecular weight is 365 g/mol. The molecule has 0 fully saturated rings. The molecule has 0 saturated heterocycles. The minimum absolute atomic E-state index is 0.572. The summed E-state index contributed by atoms with van der Waals surface area (Å²) in [7, 11) is 0. The number of aryl methyl sites for hydroxylation is 2. The Morgan fingerprint density at radius 2 is 1.64 bits per heavy atom. The van der Waals surface area contributed by atoms with Crippen LogP contribution in [0, 0.1) is 13.8 Å². The van der Waals surface area contributed by atoms with Crippen molar-refractivity contribution in [2.24, 2.45) is 0 Å². The van der Waals surface area contributed by atoms with Gasteiger partial charge in [-0.1, -0.05) is 0 Å². The van der Waals surface area contributed by atoms with Gasteiger partial charge < -0.3 is 0 Å². The molecule has 1 aromatic heterocycles. The van der Waals surface area contributed by atoms with Crippen molar-refractivity contribution >= 4 is 18.0 Å². The Hall–Kier alpha value is -1.02. The van der Waals surface area contributed by atoms with E-state index in [4.69, 9.17) is 0 Å². The fraction of sp³-hybridized carbons (Fsp3) is 0.222. The van der Waals surface area contributed by atoms with Crippen LogP contribution in [0.1, 0.15) is 11.4 Å². The summed E-state index contributed by atoms with van der Waals surface area (Å²) in [5, 5.41) is 0. The van der Waals surface area contributed by atoms with E-state index in [1.54, 1.807) is 13.0 Å². The number of hydrogen-bond donors (Lipinski definition) is 1. The molecule has 14 heavy (non-hydrogen) atoms. The number of nitrogens with one attached hydrogen (secondary N) is 1. The molecule has 1 N–H and O–H groups in total. The Labute approximate surface area is 84.9 Å². The molecule has 76 valence electrons. The van der Waals surface area contributed by atoms with Gasteiger partial charge in [0.1, 0.15) is 0 Å². The van der Waals surface area contributed by atoms with Crippen LogP contribution in [0.5, 0.6) is 0 Å². The van der Waals surface area contributed by atoms with Gasteiger partial charge in [-0.2, -0.15) is 0 Å². The molecule has 5 heteroatoms. The number of aromatic nitrogens is 1. The Morgan fingerprint density at radius 3 is 1.93 bits per heavy atom. The van der Waals surface area contributed by atoms with Crippen molar-refractivity contribution in [2.75, 3.05) is 0 Å². The zero-order valence-electron chi connectivity index (χ0n) is 7.94. The summed E-state index contributed by atoms with van der Waals surface area (Å²) in [5.41, 5.74) is 1.62. The Kier molecular flexibility index (Phi) is 3.17. The Bertz CT molecular complexity index is 362. The molecule has 0 spiro atoms.